The summed E-state index contributed by atoms with van der Waals surface area (Å²) in [5.74, 6) is 0.191. The van der Waals surface area contributed by atoms with Gasteiger partial charge in [-0.1, -0.05) is 58.9 Å². The van der Waals surface area contributed by atoms with Crippen molar-refractivity contribution in [3.8, 4) is 5.75 Å². The fraction of sp³-hybridized carbons (Fsp3) is 0.250. The van der Waals surface area contributed by atoms with Gasteiger partial charge in [0.15, 0.2) is 0 Å². The minimum Gasteiger partial charge on any atom is -0.507 e. The van der Waals surface area contributed by atoms with Crippen LogP contribution in [0.2, 0.25) is 0 Å². The van der Waals surface area contributed by atoms with Gasteiger partial charge in [0.2, 0.25) is 0 Å². The Morgan fingerprint density at radius 1 is 1.21 bits per heavy atom. The molecule has 2 aromatic rings. The Labute approximate surface area is 180 Å². The molecule has 5 heteroatoms. The van der Waals surface area contributed by atoms with Gasteiger partial charge >= 0.3 is 0 Å². The molecule has 0 amide bonds. The zero-order valence-electron chi connectivity index (χ0n) is 16.5. The maximum atomic E-state index is 10.7. The van der Waals surface area contributed by atoms with Gasteiger partial charge in [-0.25, -0.2) is 0 Å². The number of hydrogen-bond acceptors (Lipinski definition) is 4. The lowest BCUT2D eigenvalue weighted by Crippen LogP contribution is -2.15. The van der Waals surface area contributed by atoms with Crippen molar-refractivity contribution in [3.63, 3.8) is 0 Å². The van der Waals surface area contributed by atoms with Crippen LogP contribution < -0.4 is 0 Å². The lowest BCUT2D eigenvalue weighted by molar-refractivity contribution is 0.191. The summed E-state index contributed by atoms with van der Waals surface area (Å²) in [6.45, 7) is 4.05. The van der Waals surface area contributed by atoms with Crippen LogP contribution in [-0.2, 0) is 4.74 Å². The summed E-state index contributed by atoms with van der Waals surface area (Å²) >= 11 is 3.44. The van der Waals surface area contributed by atoms with Gasteiger partial charge in [0.1, 0.15) is 5.75 Å². The number of aliphatic hydroxyl groups excluding tert-OH is 2. The molecular weight excluding hydrogens is 432 g/mol. The SMILES string of the molecule is C=C(COC)/C(=C/CO)C(O)CC/C(=C/c1cc(Br)ccc1O)c1ccccc1. The van der Waals surface area contributed by atoms with Crippen LogP contribution >= 0.6 is 15.9 Å². The number of hydrogen-bond donors (Lipinski definition) is 3. The van der Waals surface area contributed by atoms with E-state index in [4.69, 9.17) is 4.74 Å². The lowest BCUT2D eigenvalue weighted by atomic mass is 9.92. The first-order valence-electron chi connectivity index (χ1n) is 9.36. The number of aliphatic hydroxyl groups is 2. The Balaban J connectivity index is 2.29. The molecule has 0 fully saturated rings. The molecule has 2 rings (SSSR count). The molecule has 0 aromatic heterocycles. The van der Waals surface area contributed by atoms with Gasteiger partial charge in [0.25, 0.3) is 0 Å². The van der Waals surface area contributed by atoms with Gasteiger partial charge in [0.05, 0.1) is 19.3 Å². The van der Waals surface area contributed by atoms with Gasteiger partial charge in [-0.3, -0.25) is 0 Å². The monoisotopic (exact) mass is 458 g/mol. The highest BCUT2D eigenvalue weighted by atomic mass is 79.9. The Hall–Kier alpha value is -2.18. The zero-order chi connectivity index (χ0) is 21.2. The molecule has 4 nitrogen and oxygen atoms in total. The second kappa shape index (κ2) is 11.7. The van der Waals surface area contributed by atoms with Crippen LogP contribution in [0.15, 0.2) is 76.8 Å². The van der Waals surface area contributed by atoms with Crippen LogP contribution in [0.3, 0.4) is 0 Å². The van der Waals surface area contributed by atoms with Crippen LogP contribution in [0.25, 0.3) is 11.6 Å². The molecule has 0 saturated carbocycles. The van der Waals surface area contributed by atoms with Gasteiger partial charge in [0, 0.05) is 17.1 Å². The summed E-state index contributed by atoms with van der Waals surface area (Å²) in [5, 5.41) is 30.2. The van der Waals surface area contributed by atoms with Crippen LogP contribution in [0.5, 0.6) is 5.75 Å². The molecule has 29 heavy (non-hydrogen) atoms. The average Bonchev–Trinajstić information content (AvgIpc) is 2.72. The van der Waals surface area contributed by atoms with Crippen LogP contribution in [0.1, 0.15) is 24.0 Å². The Kier molecular flexibility index (Phi) is 9.35. The van der Waals surface area contributed by atoms with Crippen molar-refractivity contribution in [1.29, 1.82) is 0 Å². The number of allylic oxidation sites excluding steroid dienone is 1. The van der Waals surface area contributed by atoms with Gasteiger partial charge < -0.3 is 20.1 Å². The third-order valence-corrected chi connectivity index (χ3v) is 5.04. The first-order valence-corrected chi connectivity index (χ1v) is 10.2. The second-order valence-corrected chi connectivity index (χ2v) is 7.59. The highest BCUT2D eigenvalue weighted by molar-refractivity contribution is 9.10. The van der Waals surface area contributed by atoms with Gasteiger partial charge in [-0.2, -0.15) is 0 Å². The van der Waals surface area contributed by atoms with E-state index in [-0.39, 0.29) is 19.0 Å². The number of halogens is 1. The van der Waals surface area contributed by atoms with Crippen molar-refractivity contribution in [2.24, 2.45) is 0 Å². The topological polar surface area (TPSA) is 69.9 Å². The van der Waals surface area contributed by atoms with E-state index in [9.17, 15) is 15.3 Å². The Morgan fingerprint density at radius 2 is 1.93 bits per heavy atom. The van der Waals surface area contributed by atoms with E-state index >= 15 is 0 Å². The van der Waals surface area contributed by atoms with E-state index in [0.29, 0.717) is 29.6 Å². The maximum Gasteiger partial charge on any atom is 0.122 e. The number of methoxy groups -OCH3 is 1. The molecule has 1 unspecified atom stereocenters. The van der Waals surface area contributed by atoms with Crippen molar-refractivity contribution in [1.82, 2.24) is 0 Å². The van der Waals surface area contributed by atoms with E-state index in [1.54, 1.807) is 25.3 Å². The second-order valence-electron chi connectivity index (χ2n) is 6.67. The van der Waals surface area contributed by atoms with E-state index in [1.165, 1.54) is 0 Å². The molecule has 2 aromatic carbocycles. The van der Waals surface area contributed by atoms with Gasteiger partial charge in [-0.05, 0) is 59.4 Å². The summed E-state index contributed by atoms with van der Waals surface area (Å²) in [7, 11) is 1.56. The van der Waals surface area contributed by atoms with Crippen LogP contribution in [0.4, 0.5) is 0 Å². The number of benzene rings is 2. The molecule has 0 aliphatic heterocycles. The highest BCUT2D eigenvalue weighted by Gasteiger charge is 2.15. The summed E-state index contributed by atoms with van der Waals surface area (Å²) in [6, 6.07) is 15.1. The third-order valence-electron chi connectivity index (χ3n) is 4.55. The van der Waals surface area contributed by atoms with E-state index in [0.717, 1.165) is 15.6 Å². The quantitative estimate of drug-likeness (QED) is 0.347. The largest absolute Gasteiger partial charge is 0.507 e. The van der Waals surface area contributed by atoms with Crippen LogP contribution in [-0.4, -0.2) is 41.7 Å². The Bertz CT molecular complexity index is 872. The maximum absolute atomic E-state index is 10.7. The number of phenolic OH excluding ortho intramolecular Hbond substituents is 1. The van der Waals surface area contributed by atoms with E-state index in [1.807, 2.05) is 42.5 Å². The molecule has 3 N–H and O–H groups in total. The molecule has 0 spiro atoms. The minimum absolute atomic E-state index is 0.178. The van der Waals surface area contributed by atoms with Crippen LogP contribution in [0, 0.1) is 0 Å². The molecule has 0 bridgehead atoms. The highest BCUT2D eigenvalue weighted by Crippen LogP contribution is 2.30. The van der Waals surface area contributed by atoms with Crippen molar-refractivity contribution in [2.75, 3.05) is 20.3 Å². The predicted octanol–water partition coefficient (Wildman–Crippen LogP) is 4.96. The van der Waals surface area contributed by atoms with E-state index in [2.05, 4.69) is 22.5 Å². The molecule has 0 saturated heterocycles. The standard InChI is InChI=1S/C24H27BrO4/c1-17(16-29-2)22(12-13-26)24(28)10-8-19(18-6-4-3-5-7-18)14-20-15-21(25)9-11-23(20)27/h3-7,9,11-12,14-15,24,26-28H,1,8,10,13,16H2,2H3/b19-14-,22-12-. The number of phenols is 1. The average molecular weight is 459 g/mol. The molecule has 154 valence electrons. The van der Waals surface area contributed by atoms with Gasteiger partial charge in [-0.15, -0.1) is 0 Å². The fourth-order valence-corrected chi connectivity index (χ4v) is 3.48. The zero-order valence-corrected chi connectivity index (χ0v) is 18.1. The minimum atomic E-state index is -0.784. The molecule has 0 radical (unpaired) electrons. The first-order chi connectivity index (χ1) is 14.0. The number of rotatable bonds is 10. The van der Waals surface area contributed by atoms with Crippen molar-refractivity contribution < 1.29 is 20.1 Å². The van der Waals surface area contributed by atoms with Crippen molar-refractivity contribution in [3.05, 3.63) is 87.9 Å². The lowest BCUT2D eigenvalue weighted by Gasteiger charge is -2.18. The molecule has 0 aliphatic rings. The van der Waals surface area contributed by atoms with Crippen molar-refractivity contribution >= 4 is 27.6 Å². The summed E-state index contributed by atoms with van der Waals surface area (Å²) in [4.78, 5) is 0. The fourth-order valence-electron chi connectivity index (χ4n) is 3.10. The smallest absolute Gasteiger partial charge is 0.122 e. The number of ether oxygens (including phenoxy) is 1. The van der Waals surface area contributed by atoms with Crippen molar-refractivity contribution in [2.45, 2.75) is 18.9 Å². The third kappa shape index (κ3) is 6.98. The summed E-state index contributed by atoms with van der Waals surface area (Å²) in [6.07, 6.45) is 3.72. The number of aromatic hydroxyl groups is 1. The molecule has 1 atom stereocenters. The normalized spacial score (nSPS) is 13.4. The Morgan fingerprint density at radius 3 is 2.59 bits per heavy atom. The first kappa shape index (κ1) is 23.1. The van der Waals surface area contributed by atoms with E-state index < -0.39 is 6.10 Å². The molecular formula is C24H27BrO4. The predicted molar refractivity (Wildman–Crippen MR) is 122 cm³/mol. The molecule has 0 heterocycles. The molecule has 0 aliphatic carbocycles. The summed E-state index contributed by atoms with van der Waals surface area (Å²) < 4.78 is 5.98. The summed E-state index contributed by atoms with van der Waals surface area (Å²) in [5.41, 5.74) is 3.93.